The SMILES string of the molecule is CC(C)(C)C(=O)Cl.CON1CCC2(CC1)NC(=O)C(c1cc(-c3ccc(F)cc3)ccc1Cl)=C2O.CON1CCC2(CC1)NC(=O)C(c1cc(-c3ccc(F)cc3)ccc1Cl)=C2OC(=O)C(C)(C)C. The zero-order valence-corrected chi connectivity index (χ0v) is 42.1. The molecule has 0 saturated carbocycles. The molecular formula is C52H57Cl3F2N4O8. The predicted octanol–water partition coefficient (Wildman–Crippen LogP) is 10.7. The van der Waals surface area contributed by atoms with Crippen molar-refractivity contribution in [3.63, 3.8) is 0 Å². The van der Waals surface area contributed by atoms with Gasteiger partial charge in [0.25, 0.3) is 11.8 Å². The van der Waals surface area contributed by atoms with E-state index in [0.717, 1.165) is 22.3 Å². The molecule has 2 spiro atoms. The summed E-state index contributed by atoms with van der Waals surface area (Å²) >= 11 is 18.1. The Bertz CT molecular complexity index is 2650. The van der Waals surface area contributed by atoms with Gasteiger partial charge in [-0.15, -0.1) is 0 Å². The number of aliphatic hydroxyl groups excluding tert-OH is 1. The number of piperidine rings is 2. The lowest BCUT2D eigenvalue weighted by Crippen LogP contribution is -2.53. The van der Waals surface area contributed by atoms with Crippen molar-refractivity contribution in [1.29, 1.82) is 0 Å². The normalized spacial score (nSPS) is 18.0. The highest BCUT2D eigenvalue weighted by Gasteiger charge is 2.51. The summed E-state index contributed by atoms with van der Waals surface area (Å²) in [6.07, 6.45) is 2.10. The van der Waals surface area contributed by atoms with Gasteiger partial charge in [0.05, 0.1) is 30.8 Å². The third kappa shape index (κ3) is 12.1. The van der Waals surface area contributed by atoms with Gasteiger partial charge in [0, 0.05) is 52.8 Å². The zero-order chi connectivity index (χ0) is 50.6. The minimum absolute atomic E-state index is 0.0198. The maximum atomic E-state index is 13.4. The number of nitrogens with one attached hydrogen (secondary N) is 2. The molecule has 17 heteroatoms. The molecule has 0 atom stereocenters. The molecule has 4 aromatic carbocycles. The molecule has 0 bridgehead atoms. The predicted molar refractivity (Wildman–Crippen MR) is 263 cm³/mol. The van der Waals surface area contributed by atoms with E-state index in [1.165, 1.54) is 24.3 Å². The molecule has 4 heterocycles. The second-order valence-corrected chi connectivity index (χ2v) is 20.4. The van der Waals surface area contributed by atoms with E-state index < -0.39 is 22.5 Å². The minimum atomic E-state index is -0.836. The Morgan fingerprint density at radius 2 is 0.971 bits per heavy atom. The summed E-state index contributed by atoms with van der Waals surface area (Å²) in [5.41, 5.74) is 1.70. The lowest BCUT2D eigenvalue weighted by atomic mass is 9.85. The number of rotatable bonds is 7. The number of carbonyl (C=O) groups excluding carboxylic acids is 4. The number of hydrogen-bond donors (Lipinski definition) is 3. The lowest BCUT2D eigenvalue weighted by Gasteiger charge is -2.39. The van der Waals surface area contributed by atoms with Crippen LogP contribution in [0.1, 0.15) is 78.4 Å². The second kappa shape index (κ2) is 21.4. The molecule has 8 rings (SSSR count). The monoisotopic (exact) mass is 1010 g/mol. The van der Waals surface area contributed by atoms with E-state index in [4.69, 9.17) is 49.2 Å². The molecule has 0 aromatic heterocycles. The largest absolute Gasteiger partial charge is 0.509 e. The number of nitrogens with zero attached hydrogens (tertiary/aromatic N) is 2. The third-order valence-electron chi connectivity index (χ3n) is 12.4. The van der Waals surface area contributed by atoms with Crippen LogP contribution in [0.4, 0.5) is 8.78 Å². The van der Waals surface area contributed by atoms with Gasteiger partial charge in [-0.05, 0) is 129 Å². The Hall–Kier alpha value is -5.19. The van der Waals surface area contributed by atoms with Crippen LogP contribution in [-0.4, -0.2) is 89.7 Å². The first-order valence-corrected chi connectivity index (χ1v) is 23.5. The topological polar surface area (TPSA) is 147 Å². The van der Waals surface area contributed by atoms with E-state index in [2.05, 4.69) is 10.6 Å². The summed E-state index contributed by atoms with van der Waals surface area (Å²) in [6.45, 7) is 12.9. The zero-order valence-electron chi connectivity index (χ0n) is 39.8. The van der Waals surface area contributed by atoms with Crippen LogP contribution in [0.3, 0.4) is 0 Å². The van der Waals surface area contributed by atoms with E-state index in [-0.39, 0.29) is 51.0 Å². The van der Waals surface area contributed by atoms with E-state index in [0.29, 0.717) is 78.8 Å². The molecule has 69 heavy (non-hydrogen) atoms. The van der Waals surface area contributed by atoms with Gasteiger partial charge < -0.3 is 30.2 Å². The Kier molecular flexibility index (Phi) is 16.5. The van der Waals surface area contributed by atoms with Crippen LogP contribution in [0.2, 0.25) is 10.0 Å². The molecule has 0 radical (unpaired) electrons. The van der Waals surface area contributed by atoms with Crippen LogP contribution >= 0.6 is 34.8 Å². The first-order valence-electron chi connectivity index (χ1n) is 22.4. The average molecular weight is 1010 g/mol. The Morgan fingerprint density at radius 1 is 0.609 bits per heavy atom. The Morgan fingerprint density at radius 3 is 1.36 bits per heavy atom. The van der Waals surface area contributed by atoms with E-state index >= 15 is 0 Å². The third-order valence-corrected chi connectivity index (χ3v) is 13.6. The molecule has 0 aliphatic carbocycles. The van der Waals surface area contributed by atoms with Crippen molar-refractivity contribution in [3.8, 4) is 22.3 Å². The first-order chi connectivity index (χ1) is 32.4. The fourth-order valence-electron chi connectivity index (χ4n) is 8.15. The van der Waals surface area contributed by atoms with E-state index in [9.17, 15) is 33.1 Å². The molecule has 2 fully saturated rings. The van der Waals surface area contributed by atoms with Gasteiger partial charge in [0.15, 0.2) is 0 Å². The quantitative estimate of drug-likeness (QED) is 0.121. The number of amides is 2. The smallest absolute Gasteiger partial charge is 0.316 e. The molecule has 0 unspecified atom stereocenters. The number of esters is 1. The van der Waals surface area contributed by atoms with Crippen molar-refractivity contribution in [2.24, 2.45) is 10.8 Å². The fraction of sp³-hybridized carbons (Fsp3) is 0.385. The summed E-state index contributed by atoms with van der Waals surface area (Å²) in [4.78, 5) is 59.9. The maximum Gasteiger partial charge on any atom is 0.316 e. The number of ether oxygens (including phenoxy) is 1. The van der Waals surface area contributed by atoms with Gasteiger partial charge in [0.1, 0.15) is 34.2 Å². The lowest BCUT2D eigenvalue weighted by molar-refractivity contribution is -0.159. The average Bonchev–Trinajstić information content (AvgIpc) is 3.70. The maximum absolute atomic E-state index is 13.4. The van der Waals surface area contributed by atoms with Crippen molar-refractivity contribution >= 4 is 69.0 Å². The van der Waals surface area contributed by atoms with Crippen LogP contribution < -0.4 is 10.6 Å². The molecular weight excluding hydrogens is 953 g/mol. The summed E-state index contributed by atoms with van der Waals surface area (Å²) < 4.78 is 32.6. The molecule has 12 nitrogen and oxygen atoms in total. The molecule has 4 aliphatic heterocycles. The minimum Gasteiger partial charge on any atom is -0.509 e. The molecule has 4 aliphatic rings. The number of carbonyl (C=O) groups is 4. The van der Waals surface area contributed by atoms with Crippen LogP contribution in [0.5, 0.6) is 0 Å². The van der Waals surface area contributed by atoms with Gasteiger partial charge >= 0.3 is 5.97 Å². The first kappa shape index (κ1) is 53.2. The molecule has 368 valence electrons. The standard InChI is InChI=1S/C26H28ClFN2O4.C21H20ClFN2O3.C5H9ClO/c1-25(2,3)24(32)34-22-21(23(31)29-26(22)11-13-30(33-4)14-12-26)19-15-17(7-10-20(19)27)16-5-8-18(28)9-6-16;1-28-25-10-8-21(9-11-25)19(26)18(20(27)24-21)16-12-14(4-7-17(16)22)13-2-5-15(23)6-3-13;1-5(2,3)4(6)7/h5-10,15H,11-14H2,1-4H3,(H,29,31);2-7,12,26H,8-11H2,1H3,(H,24,27);1-3H3. The second-order valence-electron chi connectivity index (χ2n) is 19.3. The summed E-state index contributed by atoms with van der Waals surface area (Å²) in [5.74, 6) is -1.47. The van der Waals surface area contributed by atoms with Crippen LogP contribution in [0.25, 0.3) is 33.4 Å². The Labute approximate surface area is 416 Å². The molecule has 3 N–H and O–H groups in total. The fourth-order valence-corrected chi connectivity index (χ4v) is 8.57. The summed E-state index contributed by atoms with van der Waals surface area (Å²) in [6, 6.07) is 22.7. The Balaban J connectivity index is 0.000000202. The highest BCUT2D eigenvalue weighted by Crippen LogP contribution is 2.45. The molecule has 2 amide bonds. The van der Waals surface area contributed by atoms with Gasteiger partial charge in [-0.2, -0.15) is 10.1 Å². The van der Waals surface area contributed by atoms with Gasteiger partial charge in [-0.1, -0.05) is 80.4 Å². The summed E-state index contributed by atoms with van der Waals surface area (Å²) in [5, 5.41) is 21.1. The number of halogens is 5. The van der Waals surface area contributed by atoms with E-state index in [1.807, 2.05) is 0 Å². The van der Waals surface area contributed by atoms with Crippen LogP contribution in [-0.2, 0) is 33.6 Å². The highest BCUT2D eigenvalue weighted by molar-refractivity contribution is 6.64. The molecule has 4 aromatic rings. The number of hydroxylamine groups is 4. The van der Waals surface area contributed by atoms with Gasteiger partial charge in [-0.3, -0.25) is 19.2 Å². The number of benzene rings is 4. The summed E-state index contributed by atoms with van der Waals surface area (Å²) in [7, 11) is 3.21. The van der Waals surface area contributed by atoms with E-state index in [1.54, 1.807) is 127 Å². The van der Waals surface area contributed by atoms with Crippen molar-refractivity contribution in [3.05, 3.63) is 129 Å². The number of aliphatic hydroxyl groups is 1. The van der Waals surface area contributed by atoms with Crippen LogP contribution in [0.15, 0.2) is 96.4 Å². The van der Waals surface area contributed by atoms with Crippen molar-refractivity contribution < 1.29 is 47.5 Å². The van der Waals surface area contributed by atoms with Crippen molar-refractivity contribution in [2.75, 3.05) is 40.4 Å². The van der Waals surface area contributed by atoms with Gasteiger partial charge in [-0.25, -0.2) is 8.78 Å². The van der Waals surface area contributed by atoms with Crippen LogP contribution in [0, 0.1) is 22.5 Å². The molecule has 2 saturated heterocycles. The van der Waals surface area contributed by atoms with Crippen molar-refractivity contribution in [2.45, 2.75) is 78.3 Å². The number of hydrogen-bond acceptors (Lipinski definition) is 10. The van der Waals surface area contributed by atoms with Crippen molar-refractivity contribution in [1.82, 2.24) is 20.8 Å². The van der Waals surface area contributed by atoms with Gasteiger partial charge in [0.2, 0.25) is 5.24 Å². The highest BCUT2D eigenvalue weighted by atomic mass is 35.5.